The fourth-order valence-electron chi connectivity index (χ4n) is 3.31. The summed E-state index contributed by atoms with van der Waals surface area (Å²) in [4.78, 5) is 16.5. The Bertz CT molecular complexity index is 1110. The second-order valence-corrected chi connectivity index (χ2v) is 7.23. The van der Waals surface area contributed by atoms with E-state index in [1.165, 1.54) is 6.33 Å². The van der Waals surface area contributed by atoms with Crippen molar-refractivity contribution in [2.24, 2.45) is 0 Å². The minimum absolute atomic E-state index is 0.164. The van der Waals surface area contributed by atoms with Gasteiger partial charge < -0.3 is 10.1 Å². The lowest BCUT2D eigenvalue weighted by Crippen LogP contribution is -2.36. The third kappa shape index (κ3) is 5.36. The summed E-state index contributed by atoms with van der Waals surface area (Å²) < 4.78 is 7.59. The third-order valence-corrected chi connectivity index (χ3v) is 5.01. The molecule has 1 N–H and O–H groups in total. The molecule has 4 aromatic rings. The van der Waals surface area contributed by atoms with Crippen LogP contribution in [0.15, 0.2) is 91.5 Å². The van der Waals surface area contributed by atoms with Gasteiger partial charge in [-0.3, -0.25) is 4.79 Å². The quantitative estimate of drug-likeness (QED) is 0.474. The van der Waals surface area contributed by atoms with Crippen molar-refractivity contribution < 1.29 is 9.53 Å². The molecule has 4 rings (SSSR count). The van der Waals surface area contributed by atoms with Crippen LogP contribution in [0.1, 0.15) is 18.1 Å². The zero-order valence-corrected chi connectivity index (χ0v) is 17.3. The van der Waals surface area contributed by atoms with Gasteiger partial charge >= 0.3 is 0 Å². The molecule has 31 heavy (non-hydrogen) atoms. The number of hydrogen-bond acceptors (Lipinski definition) is 4. The number of rotatable bonds is 8. The van der Waals surface area contributed by atoms with Gasteiger partial charge in [0.15, 0.2) is 6.10 Å². The SMILES string of the molecule is CC(Oc1ccc(-c2ccccc2)cc1)C(=O)NCc1ccccc1Cn1cncn1. The van der Waals surface area contributed by atoms with Crippen LogP contribution in [0, 0.1) is 0 Å². The minimum atomic E-state index is -0.606. The molecule has 0 saturated carbocycles. The molecule has 0 spiro atoms. The van der Waals surface area contributed by atoms with Crippen molar-refractivity contribution in [3.8, 4) is 16.9 Å². The Morgan fingerprint density at radius 2 is 1.61 bits per heavy atom. The number of amides is 1. The van der Waals surface area contributed by atoms with E-state index in [4.69, 9.17) is 4.74 Å². The molecule has 0 aliphatic heterocycles. The molecule has 3 aromatic carbocycles. The summed E-state index contributed by atoms with van der Waals surface area (Å²) in [5.41, 5.74) is 4.36. The van der Waals surface area contributed by atoms with Gasteiger partial charge in [0.1, 0.15) is 18.4 Å². The highest BCUT2D eigenvalue weighted by Gasteiger charge is 2.15. The van der Waals surface area contributed by atoms with E-state index in [0.717, 1.165) is 22.3 Å². The zero-order valence-electron chi connectivity index (χ0n) is 17.3. The number of carbonyl (C=O) groups excluding carboxylic acids is 1. The van der Waals surface area contributed by atoms with Gasteiger partial charge in [-0.2, -0.15) is 5.10 Å². The van der Waals surface area contributed by atoms with Crippen LogP contribution in [0.3, 0.4) is 0 Å². The standard InChI is InChI=1S/C25H24N4O2/c1-19(31-24-13-11-21(12-14-24)20-7-3-2-4-8-20)25(30)27-15-22-9-5-6-10-23(22)16-29-18-26-17-28-29/h2-14,17-19H,15-16H2,1H3,(H,27,30). The van der Waals surface area contributed by atoms with Gasteiger partial charge in [-0.25, -0.2) is 9.67 Å². The normalized spacial score (nSPS) is 11.6. The molecule has 6 nitrogen and oxygen atoms in total. The summed E-state index contributed by atoms with van der Waals surface area (Å²) in [6.07, 6.45) is 2.58. The van der Waals surface area contributed by atoms with Crippen molar-refractivity contribution in [3.05, 3.63) is 103 Å². The Morgan fingerprint density at radius 1 is 0.935 bits per heavy atom. The number of hydrogen-bond donors (Lipinski definition) is 1. The smallest absolute Gasteiger partial charge is 0.261 e. The molecule has 1 heterocycles. The van der Waals surface area contributed by atoms with E-state index in [2.05, 4.69) is 27.5 Å². The van der Waals surface area contributed by atoms with Gasteiger partial charge in [0.05, 0.1) is 6.54 Å². The van der Waals surface area contributed by atoms with Crippen molar-refractivity contribution in [1.82, 2.24) is 20.1 Å². The zero-order chi connectivity index (χ0) is 21.5. The van der Waals surface area contributed by atoms with E-state index in [-0.39, 0.29) is 5.91 Å². The molecule has 0 fully saturated rings. The second-order valence-electron chi connectivity index (χ2n) is 7.23. The van der Waals surface area contributed by atoms with Crippen molar-refractivity contribution in [3.63, 3.8) is 0 Å². The molecule has 0 saturated heterocycles. The highest BCUT2D eigenvalue weighted by molar-refractivity contribution is 5.80. The number of aromatic nitrogens is 3. The average molecular weight is 412 g/mol. The van der Waals surface area contributed by atoms with Crippen molar-refractivity contribution in [2.45, 2.75) is 26.1 Å². The van der Waals surface area contributed by atoms with Crippen LogP contribution in [0.4, 0.5) is 0 Å². The highest BCUT2D eigenvalue weighted by atomic mass is 16.5. The second kappa shape index (κ2) is 9.71. The molecule has 156 valence electrons. The van der Waals surface area contributed by atoms with Gasteiger partial charge in [0, 0.05) is 6.54 Å². The number of ether oxygens (including phenoxy) is 1. The molecular weight excluding hydrogens is 388 g/mol. The Kier molecular flexibility index (Phi) is 6.38. The van der Waals surface area contributed by atoms with Gasteiger partial charge in [0.2, 0.25) is 0 Å². The van der Waals surface area contributed by atoms with E-state index in [1.54, 1.807) is 17.9 Å². The van der Waals surface area contributed by atoms with Crippen molar-refractivity contribution >= 4 is 5.91 Å². The first kappa shape index (κ1) is 20.3. The number of benzene rings is 3. The monoisotopic (exact) mass is 412 g/mol. The maximum absolute atomic E-state index is 12.6. The predicted molar refractivity (Wildman–Crippen MR) is 119 cm³/mol. The average Bonchev–Trinajstić information content (AvgIpc) is 3.32. The molecule has 0 aliphatic carbocycles. The minimum Gasteiger partial charge on any atom is -0.481 e. The van der Waals surface area contributed by atoms with Crippen LogP contribution in [-0.2, 0) is 17.9 Å². The maximum atomic E-state index is 12.6. The molecule has 1 amide bonds. The molecular formula is C25H24N4O2. The van der Waals surface area contributed by atoms with E-state index < -0.39 is 6.10 Å². The van der Waals surface area contributed by atoms with Crippen molar-refractivity contribution in [2.75, 3.05) is 0 Å². The van der Waals surface area contributed by atoms with Crippen LogP contribution in [0.5, 0.6) is 5.75 Å². The summed E-state index contributed by atoms with van der Waals surface area (Å²) in [7, 11) is 0. The topological polar surface area (TPSA) is 69.0 Å². The van der Waals surface area contributed by atoms with Gasteiger partial charge in [-0.1, -0.05) is 66.7 Å². The highest BCUT2D eigenvalue weighted by Crippen LogP contribution is 2.22. The lowest BCUT2D eigenvalue weighted by Gasteiger charge is -2.16. The third-order valence-electron chi connectivity index (χ3n) is 5.01. The lowest BCUT2D eigenvalue weighted by atomic mass is 10.1. The number of carbonyl (C=O) groups is 1. The van der Waals surface area contributed by atoms with E-state index in [9.17, 15) is 4.79 Å². The molecule has 1 unspecified atom stereocenters. The van der Waals surface area contributed by atoms with Gasteiger partial charge in [-0.15, -0.1) is 0 Å². The van der Waals surface area contributed by atoms with Gasteiger partial charge in [-0.05, 0) is 41.3 Å². The van der Waals surface area contributed by atoms with Crippen LogP contribution < -0.4 is 10.1 Å². The maximum Gasteiger partial charge on any atom is 0.261 e. The van der Waals surface area contributed by atoms with Crippen LogP contribution in [0.25, 0.3) is 11.1 Å². The molecule has 0 aliphatic rings. The Hall–Kier alpha value is -3.93. The molecule has 1 atom stereocenters. The Balaban J connectivity index is 1.33. The summed E-state index contributed by atoms with van der Waals surface area (Å²) in [6.45, 7) is 2.78. The molecule has 0 radical (unpaired) electrons. The van der Waals surface area contributed by atoms with Crippen LogP contribution in [-0.4, -0.2) is 26.8 Å². The summed E-state index contributed by atoms with van der Waals surface area (Å²) in [5, 5.41) is 7.11. The summed E-state index contributed by atoms with van der Waals surface area (Å²) in [6, 6.07) is 25.9. The van der Waals surface area contributed by atoms with Gasteiger partial charge in [0.25, 0.3) is 5.91 Å². The van der Waals surface area contributed by atoms with Crippen LogP contribution in [0.2, 0.25) is 0 Å². The molecule has 0 bridgehead atoms. The van der Waals surface area contributed by atoms with E-state index in [1.807, 2.05) is 66.7 Å². The first-order valence-corrected chi connectivity index (χ1v) is 10.2. The summed E-state index contributed by atoms with van der Waals surface area (Å²) >= 11 is 0. The first-order chi connectivity index (χ1) is 15.2. The predicted octanol–water partition coefficient (Wildman–Crippen LogP) is 4.08. The number of nitrogens with zero attached hydrogens (tertiary/aromatic N) is 3. The molecule has 6 heteroatoms. The van der Waals surface area contributed by atoms with Crippen molar-refractivity contribution in [1.29, 1.82) is 0 Å². The van der Waals surface area contributed by atoms with Crippen LogP contribution >= 0.6 is 0 Å². The number of nitrogens with one attached hydrogen (secondary N) is 1. The molecule has 1 aromatic heterocycles. The Labute approximate surface area is 181 Å². The fraction of sp³-hybridized carbons (Fsp3) is 0.160. The largest absolute Gasteiger partial charge is 0.481 e. The Morgan fingerprint density at radius 3 is 2.32 bits per heavy atom. The van der Waals surface area contributed by atoms with E-state index >= 15 is 0 Å². The first-order valence-electron chi connectivity index (χ1n) is 10.2. The summed E-state index contributed by atoms with van der Waals surface area (Å²) in [5.74, 6) is 0.497. The fourth-order valence-corrected chi connectivity index (χ4v) is 3.31. The lowest BCUT2D eigenvalue weighted by molar-refractivity contribution is -0.127. The van der Waals surface area contributed by atoms with E-state index in [0.29, 0.717) is 18.8 Å².